The number of amides is 1. The van der Waals surface area contributed by atoms with E-state index >= 15 is 0 Å². The molecule has 0 unspecified atom stereocenters. The Labute approximate surface area is 143 Å². The Bertz CT molecular complexity index is 529. The average Bonchev–Trinajstić information content (AvgIpc) is 2.57. The van der Waals surface area contributed by atoms with Gasteiger partial charge in [0.05, 0.1) is 5.60 Å². The number of rotatable bonds is 3. The normalized spacial score (nSPS) is 22.1. The Balaban J connectivity index is 1.54. The van der Waals surface area contributed by atoms with Crippen molar-refractivity contribution in [2.45, 2.75) is 57.0 Å². The summed E-state index contributed by atoms with van der Waals surface area (Å²) in [6, 6.07) is 7.41. The number of benzene rings is 1. The van der Waals surface area contributed by atoms with E-state index in [-0.39, 0.29) is 5.91 Å². The molecule has 2 aliphatic rings. The number of halogens is 1. The molecule has 1 saturated heterocycles. The monoisotopic (exact) mass is 335 g/mol. The van der Waals surface area contributed by atoms with Crippen molar-refractivity contribution in [2.75, 3.05) is 13.1 Å². The maximum atomic E-state index is 12.5. The molecule has 1 aromatic carbocycles. The van der Waals surface area contributed by atoms with E-state index in [0.29, 0.717) is 43.3 Å². The molecule has 0 atom stereocenters. The molecule has 1 N–H and O–H groups in total. The summed E-state index contributed by atoms with van der Waals surface area (Å²) in [5.41, 5.74) is 0.0768. The van der Waals surface area contributed by atoms with E-state index in [4.69, 9.17) is 11.6 Å². The lowest BCUT2D eigenvalue weighted by Gasteiger charge is -2.39. The maximum absolute atomic E-state index is 12.5. The average molecular weight is 336 g/mol. The maximum Gasteiger partial charge on any atom is 0.222 e. The second kappa shape index (κ2) is 7.23. The van der Waals surface area contributed by atoms with Gasteiger partial charge in [0.25, 0.3) is 0 Å². The van der Waals surface area contributed by atoms with E-state index in [1.165, 1.54) is 32.1 Å². The number of aliphatic hydroxyl groups is 1. The van der Waals surface area contributed by atoms with E-state index in [0.717, 1.165) is 5.56 Å². The molecule has 3 rings (SSSR count). The highest BCUT2D eigenvalue weighted by Crippen LogP contribution is 2.34. The number of hydrogen-bond acceptors (Lipinski definition) is 2. The SMILES string of the molecule is O=C(CC1CCCCC1)N1CCC(O)(c2ccc(Cl)cc2)CC1. The van der Waals surface area contributed by atoms with Crippen molar-refractivity contribution in [2.24, 2.45) is 5.92 Å². The second-order valence-corrected chi connectivity index (χ2v) is 7.56. The van der Waals surface area contributed by atoms with Crippen molar-refractivity contribution in [1.29, 1.82) is 0 Å². The predicted molar refractivity (Wildman–Crippen MR) is 92.4 cm³/mol. The van der Waals surface area contributed by atoms with Crippen LogP contribution in [-0.4, -0.2) is 29.0 Å². The molecule has 1 saturated carbocycles. The Hall–Kier alpha value is -1.06. The molecule has 0 aromatic heterocycles. The molecule has 1 heterocycles. The molecular formula is C19H26ClNO2. The summed E-state index contributed by atoms with van der Waals surface area (Å²) >= 11 is 5.92. The van der Waals surface area contributed by atoms with Crippen molar-refractivity contribution in [1.82, 2.24) is 4.90 Å². The number of piperidine rings is 1. The Morgan fingerprint density at radius 1 is 1.13 bits per heavy atom. The Kier molecular flexibility index (Phi) is 5.27. The van der Waals surface area contributed by atoms with E-state index in [9.17, 15) is 9.90 Å². The van der Waals surface area contributed by atoms with Crippen LogP contribution < -0.4 is 0 Å². The van der Waals surface area contributed by atoms with Gasteiger partial charge in [-0.2, -0.15) is 0 Å². The Morgan fingerprint density at radius 2 is 1.74 bits per heavy atom. The van der Waals surface area contributed by atoms with Gasteiger partial charge in [-0.25, -0.2) is 0 Å². The van der Waals surface area contributed by atoms with Gasteiger partial charge in [0.2, 0.25) is 5.91 Å². The van der Waals surface area contributed by atoms with Crippen molar-refractivity contribution in [3.8, 4) is 0 Å². The van der Waals surface area contributed by atoms with Crippen molar-refractivity contribution >= 4 is 17.5 Å². The van der Waals surface area contributed by atoms with Gasteiger partial charge in [-0.05, 0) is 49.3 Å². The van der Waals surface area contributed by atoms with Crippen LogP contribution in [0.15, 0.2) is 24.3 Å². The molecule has 1 aliphatic carbocycles. The summed E-state index contributed by atoms with van der Waals surface area (Å²) in [4.78, 5) is 14.4. The van der Waals surface area contributed by atoms with Gasteiger partial charge in [0.15, 0.2) is 0 Å². The predicted octanol–water partition coefficient (Wildman–Crippen LogP) is 4.12. The first kappa shape index (κ1) is 16.8. The van der Waals surface area contributed by atoms with Gasteiger partial charge in [-0.15, -0.1) is 0 Å². The minimum atomic E-state index is -0.827. The molecule has 1 amide bonds. The van der Waals surface area contributed by atoms with E-state index < -0.39 is 5.60 Å². The zero-order valence-electron chi connectivity index (χ0n) is 13.6. The van der Waals surface area contributed by atoms with Crippen molar-refractivity contribution in [3.63, 3.8) is 0 Å². The van der Waals surface area contributed by atoms with Crippen LogP contribution in [0.2, 0.25) is 5.02 Å². The summed E-state index contributed by atoms with van der Waals surface area (Å²) in [7, 11) is 0. The first-order valence-electron chi connectivity index (χ1n) is 8.83. The molecule has 0 bridgehead atoms. The summed E-state index contributed by atoms with van der Waals surface area (Å²) in [5, 5.41) is 11.6. The van der Waals surface area contributed by atoms with Crippen LogP contribution in [0, 0.1) is 5.92 Å². The first-order valence-corrected chi connectivity index (χ1v) is 9.21. The molecule has 0 radical (unpaired) electrons. The zero-order valence-corrected chi connectivity index (χ0v) is 14.4. The first-order chi connectivity index (χ1) is 11.1. The van der Waals surface area contributed by atoms with Crippen LogP contribution in [0.4, 0.5) is 0 Å². The second-order valence-electron chi connectivity index (χ2n) is 7.13. The third kappa shape index (κ3) is 4.07. The number of carbonyl (C=O) groups is 1. The standard InChI is InChI=1S/C19H26ClNO2/c20-17-8-6-16(7-9-17)19(23)10-12-21(13-11-19)18(22)14-15-4-2-1-3-5-15/h6-9,15,23H,1-5,10-14H2. The van der Waals surface area contributed by atoms with Gasteiger partial charge in [0, 0.05) is 24.5 Å². The molecule has 1 aliphatic heterocycles. The number of hydrogen-bond donors (Lipinski definition) is 1. The van der Waals surface area contributed by atoms with Crippen LogP contribution >= 0.6 is 11.6 Å². The summed E-state index contributed by atoms with van der Waals surface area (Å²) in [6.45, 7) is 1.29. The van der Waals surface area contributed by atoms with E-state index in [1.54, 1.807) is 0 Å². The largest absolute Gasteiger partial charge is 0.385 e. The van der Waals surface area contributed by atoms with Crippen LogP contribution in [-0.2, 0) is 10.4 Å². The fourth-order valence-corrected chi connectivity index (χ4v) is 4.07. The van der Waals surface area contributed by atoms with Crippen molar-refractivity contribution in [3.05, 3.63) is 34.9 Å². The molecule has 23 heavy (non-hydrogen) atoms. The fourth-order valence-electron chi connectivity index (χ4n) is 3.94. The smallest absolute Gasteiger partial charge is 0.222 e. The molecule has 4 heteroatoms. The van der Waals surface area contributed by atoms with Crippen LogP contribution in [0.1, 0.15) is 56.9 Å². The van der Waals surface area contributed by atoms with Crippen LogP contribution in [0.3, 0.4) is 0 Å². The van der Waals surface area contributed by atoms with E-state index in [1.807, 2.05) is 29.2 Å². The quantitative estimate of drug-likeness (QED) is 0.902. The fraction of sp³-hybridized carbons (Fsp3) is 0.632. The number of nitrogens with zero attached hydrogens (tertiary/aromatic N) is 1. The van der Waals surface area contributed by atoms with E-state index in [2.05, 4.69) is 0 Å². The lowest BCUT2D eigenvalue weighted by atomic mass is 9.83. The lowest BCUT2D eigenvalue weighted by Crippen LogP contribution is -2.45. The minimum absolute atomic E-state index is 0.273. The molecule has 0 spiro atoms. The van der Waals surface area contributed by atoms with Gasteiger partial charge in [-0.1, -0.05) is 43.0 Å². The third-order valence-corrected chi connectivity index (χ3v) is 5.76. The Morgan fingerprint density at radius 3 is 2.35 bits per heavy atom. The van der Waals surface area contributed by atoms with Gasteiger partial charge in [0.1, 0.15) is 0 Å². The van der Waals surface area contributed by atoms with Crippen molar-refractivity contribution < 1.29 is 9.90 Å². The molecule has 3 nitrogen and oxygen atoms in total. The third-order valence-electron chi connectivity index (χ3n) is 5.51. The van der Waals surface area contributed by atoms with Crippen LogP contribution in [0.25, 0.3) is 0 Å². The minimum Gasteiger partial charge on any atom is -0.385 e. The molecular weight excluding hydrogens is 310 g/mol. The summed E-state index contributed by atoms with van der Waals surface area (Å²) < 4.78 is 0. The number of carbonyl (C=O) groups excluding carboxylic acids is 1. The highest BCUT2D eigenvalue weighted by atomic mass is 35.5. The lowest BCUT2D eigenvalue weighted by molar-refractivity contribution is -0.137. The van der Waals surface area contributed by atoms with Gasteiger partial charge in [-0.3, -0.25) is 4.79 Å². The topological polar surface area (TPSA) is 40.5 Å². The van der Waals surface area contributed by atoms with Gasteiger partial charge >= 0.3 is 0 Å². The molecule has 126 valence electrons. The zero-order chi connectivity index (χ0) is 16.3. The number of likely N-dealkylation sites (tertiary alicyclic amines) is 1. The summed E-state index contributed by atoms with van der Waals surface area (Å²) in [6.07, 6.45) is 8.17. The highest BCUT2D eigenvalue weighted by Gasteiger charge is 2.35. The van der Waals surface area contributed by atoms with Gasteiger partial charge < -0.3 is 10.0 Å². The molecule has 2 fully saturated rings. The summed E-state index contributed by atoms with van der Waals surface area (Å²) in [5.74, 6) is 0.850. The molecule has 1 aromatic rings. The highest BCUT2D eigenvalue weighted by molar-refractivity contribution is 6.30. The van der Waals surface area contributed by atoms with Crippen LogP contribution in [0.5, 0.6) is 0 Å².